The predicted molar refractivity (Wildman–Crippen MR) is 76.8 cm³/mol. The Hall–Kier alpha value is -0.950. The zero-order valence-corrected chi connectivity index (χ0v) is 12.1. The van der Waals surface area contributed by atoms with Gasteiger partial charge in [-0.2, -0.15) is 4.98 Å². The van der Waals surface area contributed by atoms with E-state index in [2.05, 4.69) is 32.7 Å². The molecule has 5 heteroatoms. The quantitative estimate of drug-likeness (QED) is 0.841. The molecular formula is C13H14IN3O. The normalized spacial score (nSPS) is 18.1. The maximum atomic E-state index is 6.32. The number of hydrogen-bond donors (Lipinski definition) is 1. The van der Waals surface area contributed by atoms with E-state index in [1.165, 1.54) is 0 Å². The molecule has 1 aliphatic rings. The number of rotatable bonds is 2. The highest BCUT2D eigenvalue weighted by Crippen LogP contribution is 2.35. The lowest BCUT2D eigenvalue weighted by Crippen LogP contribution is -2.34. The summed E-state index contributed by atoms with van der Waals surface area (Å²) in [6, 6.07) is 8.00. The van der Waals surface area contributed by atoms with Gasteiger partial charge in [-0.3, -0.25) is 0 Å². The van der Waals surface area contributed by atoms with Crippen molar-refractivity contribution in [3.05, 3.63) is 33.7 Å². The van der Waals surface area contributed by atoms with Crippen LogP contribution in [-0.2, 0) is 5.54 Å². The van der Waals surface area contributed by atoms with E-state index in [4.69, 9.17) is 10.3 Å². The molecule has 94 valence electrons. The van der Waals surface area contributed by atoms with Gasteiger partial charge < -0.3 is 10.3 Å². The van der Waals surface area contributed by atoms with E-state index in [9.17, 15) is 0 Å². The summed E-state index contributed by atoms with van der Waals surface area (Å²) in [5, 5.41) is 4.06. The second-order valence-corrected chi connectivity index (χ2v) is 6.04. The number of aromatic nitrogens is 2. The monoisotopic (exact) mass is 355 g/mol. The van der Waals surface area contributed by atoms with E-state index in [1.807, 2.05) is 24.3 Å². The average Bonchev–Trinajstić information content (AvgIpc) is 2.98. The maximum absolute atomic E-state index is 6.32. The minimum atomic E-state index is -0.385. The van der Waals surface area contributed by atoms with Crippen LogP contribution in [0.1, 0.15) is 31.5 Å². The Bertz CT molecular complexity index is 561. The maximum Gasteiger partial charge on any atom is 0.258 e. The molecule has 1 aliphatic carbocycles. The van der Waals surface area contributed by atoms with Crippen molar-refractivity contribution in [2.24, 2.45) is 5.73 Å². The highest BCUT2D eigenvalue weighted by Gasteiger charge is 2.36. The molecule has 1 fully saturated rings. The number of nitrogens with zero attached hydrogens (tertiary/aromatic N) is 2. The van der Waals surface area contributed by atoms with E-state index < -0.39 is 0 Å². The summed E-state index contributed by atoms with van der Waals surface area (Å²) in [6.07, 6.45) is 4.17. The third-order valence-electron chi connectivity index (χ3n) is 3.44. The zero-order chi connectivity index (χ0) is 12.6. The first-order chi connectivity index (χ1) is 8.67. The fourth-order valence-corrected chi connectivity index (χ4v) is 2.94. The fraction of sp³-hybridized carbons (Fsp3) is 0.385. The molecule has 2 N–H and O–H groups in total. The van der Waals surface area contributed by atoms with E-state index >= 15 is 0 Å². The molecule has 1 aromatic heterocycles. The molecule has 0 unspecified atom stereocenters. The molecule has 0 aliphatic heterocycles. The van der Waals surface area contributed by atoms with Crippen LogP contribution in [0.5, 0.6) is 0 Å². The molecule has 3 rings (SSSR count). The van der Waals surface area contributed by atoms with Gasteiger partial charge in [0.25, 0.3) is 5.89 Å². The summed E-state index contributed by atoms with van der Waals surface area (Å²) in [7, 11) is 0. The zero-order valence-electron chi connectivity index (χ0n) is 9.90. The van der Waals surface area contributed by atoms with Crippen molar-refractivity contribution in [3.63, 3.8) is 0 Å². The van der Waals surface area contributed by atoms with Crippen molar-refractivity contribution >= 4 is 22.6 Å². The van der Waals surface area contributed by atoms with Crippen LogP contribution in [0.4, 0.5) is 0 Å². The fourth-order valence-electron chi connectivity index (χ4n) is 2.39. The molecule has 1 saturated carbocycles. The van der Waals surface area contributed by atoms with Gasteiger partial charge in [-0.15, -0.1) is 0 Å². The molecule has 18 heavy (non-hydrogen) atoms. The molecule has 0 saturated heterocycles. The van der Waals surface area contributed by atoms with E-state index in [0.29, 0.717) is 11.7 Å². The first-order valence-electron chi connectivity index (χ1n) is 6.06. The van der Waals surface area contributed by atoms with Gasteiger partial charge in [-0.25, -0.2) is 0 Å². The Morgan fingerprint density at radius 3 is 2.78 bits per heavy atom. The lowest BCUT2D eigenvalue weighted by atomic mass is 9.99. The standard InChI is InChI=1S/C13H14IN3O/c14-10-5-3-4-9(8-10)11-16-12(17-18-11)13(15)6-1-2-7-13/h3-5,8H,1-2,6-7,15H2. The minimum Gasteiger partial charge on any atom is -0.334 e. The van der Waals surface area contributed by atoms with Gasteiger partial charge in [-0.05, 0) is 53.6 Å². The summed E-state index contributed by atoms with van der Waals surface area (Å²) < 4.78 is 6.49. The lowest BCUT2D eigenvalue weighted by molar-refractivity contribution is 0.372. The molecule has 0 bridgehead atoms. The largest absolute Gasteiger partial charge is 0.334 e. The van der Waals surface area contributed by atoms with Gasteiger partial charge in [0, 0.05) is 9.13 Å². The van der Waals surface area contributed by atoms with Crippen LogP contribution in [-0.4, -0.2) is 10.1 Å². The second kappa shape index (κ2) is 4.62. The van der Waals surface area contributed by atoms with Crippen LogP contribution in [0.15, 0.2) is 28.8 Å². The van der Waals surface area contributed by atoms with Gasteiger partial charge >= 0.3 is 0 Å². The third kappa shape index (κ3) is 2.16. The van der Waals surface area contributed by atoms with Gasteiger partial charge in [0.15, 0.2) is 5.82 Å². The highest BCUT2D eigenvalue weighted by molar-refractivity contribution is 14.1. The number of halogens is 1. The van der Waals surface area contributed by atoms with Crippen molar-refractivity contribution in [3.8, 4) is 11.5 Å². The Morgan fingerprint density at radius 2 is 2.06 bits per heavy atom. The molecule has 0 radical (unpaired) electrons. The predicted octanol–water partition coefficient (Wildman–Crippen LogP) is 3.07. The van der Waals surface area contributed by atoms with Gasteiger partial charge in [0.1, 0.15) is 0 Å². The van der Waals surface area contributed by atoms with Crippen LogP contribution >= 0.6 is 22.6 Å². The van der Waals surface area contributed by atoms with Crippen molar-refractivity contribution in [2.75, 3.05) is 0 Å². The van der Waals surface area contributed by atoms with E-state index in [-0.39, 0.29) is 5.54 Å². The first-order valence-corrected chi connectivity index (χ1v) is 7.14. The number of benzene rings is 1. The molecule has 0 spiro atoms. The van der Waals surface area contributed by atoms with Crippen molar-refractivity contribution in [2.45, 2.75) is 31.2 Å². The summed E-state index contributed by atoms with van der Waals surface area (Å²) in [5.41, 5.74) is 6.88. The van der Waals surface area contributed by atoms with Crippen molar-refractivity contribution in [1.29, 1.82) is 0 Å². The highest BCUT2D eigenvalue weighted by atomic mass is 127. The van der Waals surface area contributed by atoms with Crippen LogP contribution < -0.4 is 5.73 Å². The number of hydrogen-bond acceptors (Lipinski definition) is 4. The molecule has 1 heterocycles. The lowest BCUT2D eigenvalue weighted by Gasteiger charge is -2.17. The summed E-state index contributed by atoms with van der Waals surface area (Å²) in [6.45, 7) is 0. The minimum absolute atomic E-state index is 0.385. The SMILES string of the molecule is NC1(c2noc(-c3cccc(I)c3)n2)CCCC1. The Labute approximate surface area is 119 Å². The average molecular weight is 355 g/mol. The van der Waals surface area contributed by atoms with Gasteiger partial charge in [0.2, 0.25) is 0 Å². The van der Waals surface area contributed by atoms with E-state index in [0.717, 1.165) is 34.8 Å². The first kappa shape index (κ1) is 12.1. The van der Waals surface area contributed by atoms with Gasteiger partial charge in [0.05, 0.1) is 5.54 Å². The Morgan fingerprint density at radius 1 is 1.28 bits per heavy atom. The summed E-state index contributed by atoms with van der Waals surface area (Å²) in [5.74, 6) is 1.20. The molecule has 0 atom stereocenters. The van der Waals surface area contributed by atoms with Crippen molar-refractivity contribution < 1.29 is 4.52 Å². The van der Waals surface area contributed by atoms with Crippen LogP contribution in [0.2, 0.25) is 0 Å². The molecular weight excluding hydrogens is 341 g/mol. The van der Waals surface area contributed by atoms with Crippen LogP contribution in [0.25, 0.3) is 11.5 Å². The van der Waals surface area contributed by atoms with Crippen LogP contribution in [0.3, 0.4) is 0 Å². The topological polar surface area (TPSA) is 64.9 Å². The van der Waals surface area contributed by atoms with Crippen molar-refractivity contribution in [1.82, 2.24) is 10.1 Å². The molecule has 2 aromatic rings. The van der Waals surface area contributed by atoms with Gasteiger partial charge in [-0.1, -0.05) is 24.1 Å². The Kier molecular flexibility index (Phi) is 3.11. The summed E-state index contributed by atoms with van der Waals surface area (Å²) in [4.78, 5) is 4.47. The summed E-state index contributed by atoms with van der Waals surface area (Å²) >= 11 is 2.27. The third-order valence-corrected chi connectivity index (χ3v) is 4.11. The molecule has 1 aromatic carbocycles. The molecule has 0 amide bonds. The number of nitrogens with two attached hydrogens (primary N) is 1. The second-order valence-electron chi connectivity index (χ2n) is 4.80. The van der Waals surface area contributed by atoms with E-state index in [1.54, 1.807) is 0 Å². The molecule has 4 nitrogen and oxygen atoms in total. The smallest absolute Gasteiger partial charge is 0.258 e. The van der Waals surface area contributed by atoms with Crippen LogP contribution in [0, 0.1) is 3.57 Å². The Balaban J connectivity index is 1.94.